The third-order valence-corrected chi connectivity index (χ3v) is 3.04. The predicted octanol–water partition coefficient (Wildman–Crippen LogP) is 3.12. The molecule has 0 aromatic heterocycles. The number of hydrogen-bond donors (Lipinski definition) is 2. The Labute approximate surface area is 114 Å². The topological polar surface area (TPSA) is 53.1 Å². The molecular weight excluding hydrogens is 246 g/mol. The first-order chi connectivity index (χ1) is 8.49. The molecular formula is C14H22ClN3. The van der Waals surface area contributed by atoms with Crippen LogP contribution in [0.15, 0.2) is 24.3 Å². The molecule has 4 heteroatoms. The van der Waals surface area contributed by atoms with E-state index in [1.807, 2.05) is 24.3 Å². The van der Waals surface area contributed by atoms with E-state index in [2.05, 4.69) is 18.7 Å². The molecule has 1 aromatic carbocycles. The lowest BCUT2D eigenvalue weighted by atomic mass is 10.1. The monoisotopic (exact) mass is 267 g/mol. The van der Waals surface area contributed by atoms with Crippen LogP contribution in [0, 0.1) is 11.3 Å². The molecule has 18 heavy (non-hydrogen) atoms. The average Bonchev–Trinajstić information content (AvgIpc) is 2.28. The van der Waals surface area contributed by atoms with Gasteiger partial charge in [-0.1, -0.05) is 43.6 Å². The fourth-order valence-corrected chi connectivity index (χ4v) is 2.09. The number of benzene rings is 1. The first kappa shape index (κ1) is 15.0. The molecule has 0 bridgehead atoms. The molecule has 0 atom stereocenters. The third-order valence-electron chi connectivity index (χ3n) is 2.67. The number of nitrogens with zero attached hydrogens (tertiary/aromatic N) is 1. The van der Waals surface area contributed by atoms with Crippen LogP contribution in [0.4, 0.5) is 0 Å². The van der Waals surface area contributed by atoms with Crippen molar-refractivity contribution >= 4 is 17.4 Å². The van der Waals surface area contributed by atoms with E-state index in [0.717, 1.165) is 30.2 Å². The van der Waals surface area contributed by atoms with Gasteiger partial charge in [-0.15, -0.1) is 0 Å². The van der Waals surface area contributed by atoms with E-state index in [9.17, 15) is 0 Å². The summed E-state index contributed by atoms with van der Waals surface area (Å²) < 4.78 is 0. The summed E-state index contributed by atoms with van der Waals surface area (Å²) >= 11 is 6.17. The lowest BCUT2D eigenvalue weighted by molar-refractivity contribution is 0.242. The van der Waals surface area contributed by atoms with Gasteiger partial charge >= 0.3 is 0 Å². The zero-order chi connectivity index (χ0) is 13.5. The number of amidine groups is 1. The highest BCUT2D eigenvalue weighted by Crippen LogP contribution is 2.17. The maximum atomic E-state index is 7.32. The Morgan fingerprint density at radius 2 is 2.06 bits per heavy atom. The van der Waals surface area contributed by atoms with Crippen molar-refractivity contribution in [1.82, 2.24) is 4.90 Å². The van der Waals surface area contributed by atoms with Crippen LogP contribution in [0.2, 0.25) is 5.02 Å². The molecule has 3 nitrogen and oxygen atoms in total. The van der Waals surface area contributed by atoms with Crippen LogP contribution in [0.1, 0.15) is 25.8 Å². The molecule has 0 saturated carbocycles. The van der Waals surface area contributed by atoms with Crippen molar-refractivity contribution in [1.29, 1.82) is 5.41 Å². The van der Waals surface area contributed by atoms with Crippen LogP contribution in [0.25, 0.3) is 0 Å². The third kappa shape index (κ3) is 5.52. The van der Waals surface area contributed by atoms with Crippen molar-refractivity contribution < 1.29 is 0 Å². The van der Waals surface area contributed by atoms with Gasteiger partial charge in [0.15, 0.2) is 0 Å². The summed E-state index contributed by atoms with van der Waals surface area (Å²) in [5.41, 5.74) is 6.55. The predicted molar refractivity (Wildman–Crippen MR) is 78.1 cm³/mol. The van der Waals surface area contributed by atoms with Crippen molar-refractivity contribution in [2.75, 3.05) is 13.1 Å². The highest BCUT2D eigenvalue weighted by atomic mass is 35.5. The van der Waals surface area contributed by atoms with Gasteiger partial charge in [-0.05, 0) is 17.5 Å². The van der Waals surface area contributed by atoms with E-state index in [0.29, 0.717) is 12.3 Å². The minimum absolute atomic E-state index is 0.239. The lowest BCUT2D eigenvalue weighted by Crippen LogP contribution is -2.31. The van der Waals surface area contributed by atoms with Gasteiger partial charge in [0.1, 0.15) is 0 Å². The van der Waals surface area contributed by atoms with Crippen molar-refractivity contribution in [3.8, 4) is 0 Å². The maximum absolute atomic E-state index is 7.32. The second-order valence-electron chi connectivity index (χ2n) is 5.00. The summed E-state index contributed by atoms with van der Waals surface area (Å²) in [7, 11) is 0. The van der Waals surface area contributed by atoms with Crippen LogP contribution < -0.4 is 5.73 Å². The fraction of sp³-hybridized carbons (Fsp3) is 0.500. The molecule has 1 rings (SSSR count). The van der Waals surface area contributed by atoms with Crippen LogP contribution >= 0.6 is 11.6 Å². The van der Waals surface area contributed by atoms with Crippen LogP contribution in [-0.2, 0) is 6.54 Å². The summed E-state index contributed by atoms with van der Waals surface area (Å²) in [6.07, 6.45) is 0.608. The summed E-state index contributed by atoms with van der Waals surface area (Å²) in [5, 5.41) is 8.12. The molecule has 0 aliphatic carbocycles. The average molecular weight is 268 g/mol. The first-order valence-corrected chi connectivity index (χ1v) is 6.65. The molecule has 0 spiro atoms. The molecule has 0 aliphatic heterocycles. The van der Waals surface area contributed by atoms with Gasteiger partial charge in [0, 0.05) is 31.1 Å². The molecule has 0 fully saturated rings. The molecule has 0 heterocycles. The van der Waals surface area contributed by atoms with Crippen molar-refractivity contribution in [2.24, 2.45) is 11.7 Å². The van der Waals surface area contributed by atoms with Gasteiger partial charge in [0.2, 0.25) is 0 Å². The summed E-state index contributed by atoms with van der Waals surface area (Å²) in [5.74, 6) is 0.822. The Bertz CT molecular complexity index is 390. The minimum atomic E-state index is 0.239. The van der Waals surface area contributed by atoms with E-state index in [-0.39, 0.29) is 5.84 Å². The van der Waals surface area contributed by atoms with Crippen molar-refractivity contribution in [3.63, 3.8) is 0 Å². The van der Waals surface area contributed by atoms with E-state index in [1.54, 1.807) is 0 Å². The minimum Gasteiger partial charge on any atom is -0.388 e. The van der Waals surface area contributed by atoms with E-state index < -0.39 is 0 Å². The Hall–Kier alpha value is -1.06. The largest absolute Gasteiger partial charge is 0.388 e. The summed E-state index contributed by atoms with van der Waals surface area (Å²) in [6.45, 7) is 6.98. The highest BCUT2D eigenvalue weighted by Gasteiger charge is 2.10. The standard InChI is InChI=1S/C14H22ClN3/c1-11(2)9-18(8-7-14(16)17)10-12-5-3-4-6-13(12)15/h3-6,11H,7-10H2,1-2H3,(H3,16,17). The first-order valence-electron chi connectivity index (χ1n) is 6.27. The Balaban J connectivity index is 2.65. The number of halogens is 1. The normalized spacial score (nSPS) is 11.2. The van der Waals surface area contributed by atoms with Crippen molar-refractivity contribution in [3.05, 3.63) is 34.9 Å². The molecule has 0 amide bonds. The van der Waals surface area contributed by atoms with Gasteiger partial charge in [-0.25, -0.2) is 0 Å². The van der Waals surface area contributed by atoms with E-state index >= 15 is 0 Å². The quantitative estimate of drug-likeness (QED) is 0.589. The Kier molecular flexibility index (Phi) is 6.16. The molecule has 3 N–H and O–H groups in total. The van der Waals surface area contributed by atoms with Crippen LogP contribution in [-0.4, -0.2) is 23.8 Å². The smallest absolute Gasteiger partial charge is 0.0918 e. The number of rotatable bonds is 7. The molecule has 0 saturated heterocycles. The van der Waals surface area contributed by atoms with E-state index in [4.69, 9.17) is 22.7 Å². The SMILES string of the molecule is CC(C)CN(CCC(=N)N)Cc1ccccc1Cl. The Morgan fingerprint density at radius 1 is 1.39 bits per heavy atom. The lowest BCUT2D eigenvalue weighted by Gasteiger charge is -2.24. The second-order valence-corrected chi connectivity index (χ2v) is 5.40. The second kappa shape index (κ2) is 7.39. The molecule has 0 radical (unpaired) electrons. The van der Waals surface area contributed by atoms with Crippen LogP contribution in [0.5, 0.6) is 0 Å². The molecule has 0 aliphatic rings. The number of nitrogens with two attached hydrogens (primary N) is 1. The molecule has 100 valence electrons. The van der Waals surface area contributed by atoms with Gasteiger partial charge in [-0.2, -0.15) is 0 Å². The zero-order valence-electron chi connectivity index (χ0n) is 11.1. The van der Waals surface area contributed by atoms with Gasteiger partial charge in [-0.3, -0.25) is 10.3 Å². The summed E-state index contributed by atoms with van der Waals surface area (Å²) in [4.78, 5) is 2.30. The molecule has 0 unspecified atom stereocenters. The fourth-order valence-electron chi connectivity index (χ4n) is 1.90. The Morgan fingerprint density at radius 3 is 2.61 bits per heavy atom. The van der Waals surface area contributed by atoms with Gasteiger partial charge in [0.05, 0.1) is 5.84 Å². The van der Waals surface area contributed by atoms with E-state index in [1.165, 1.54) is 0 Å². The number of hydrogen-bond acceptors (Lipinski definition) is 2. The van der Waals surface area contributed by atoms with Crippen LogP contribution in [0.3, 0.4) is 0 Å². The zero-order valence-corrected chi connectivity index (χ0v) is 11.9. The highest BCUT2D eigenvalue weighted by molar-refractivity contribution is 6.31. The maximum Gasteiger partial charge on any atom is 0.0918 e. The number of nitrogens with one attached hydrogen (secondary N) is 1. The van der Waals surface area contributed by atoms with Crippen molar-refractivity contribution in [2.45, 2.75) is 26.8 Å². The summed E-state index contributed by atoms with van der Waals surface area (Å²) in [6, 6.07) is 7.90. The molecule has 1 aromatic rings. The van der Waals surface area contributed by atoms with Gasteiger partial charge < -0.3 is 5.73 Å². The van der Waals surface area contributed by atoms with Gasteiger partial charge in [0.25, 0.3) is 0 Å².